The Kier molecular flexibility index (Phi) is 15.7. The summed E-state index contributed by atoms with van der Waals surface area (Å²) in [6.45, 7) is 7.42. The molecule has 0 bridgehead atoms. The van der Waals surface area contributed by atoms with Crippen LogP contribution in [-0.4, -0.2) is 14.2 Å². The van der Waals surface area contributed by atoms with E-state index in [1.165, 1.54) is 77.0 Å². The van der Waals surface area contributed by atoms with Crippen LogP contribution in [0.2, 0.25) is 12.1 Å². The first-order valence-corrected chi connectivity index (χ1v) is 12.8. The molecule has 21 heavy (non-hydrogen) atoms. The molecule has 0 aliphatic carbocycles. The summed E-state index contributed by atoms with van der Waals surface area (Å²) in [7, 11) is -1.91. The lowest BCUT2D eigenvalue weighted by Gasteiger charge is -2.24. The maximum absolute atomic E-state index is 6.84. The maximum Gasteiger partial charge on any atom is 0.290 e. The van der Waals surface area contributed by atoms with Gasteiger partial charge in [0.2, 0.25) is 0 Å². The molecule has 0 radical (unpaired) electrons. The molecule has 0 aliphatic heterocycles. The lowest BCUT2D eigenvalue weighted by atomic mass is 10.1. The highest BCUT2D eigenvalue weighted by Gasteiger charge is 2.31. The summed E-state index contributed by atoms with van der Waals surface area (Å²) < 4.78 is 5.99. The largest absolute Gasteiger partial charge is 0.403 e. The predicted molar refractivity (Wildman–Crippen MR) is 99.6 cm³/mol. The van der Waals surface area contributed by atoms with E-state index in [-0.39, 0.29) is 0 Å². The molecule has 0 spiro atoms. The first kappa shape index (κ1) is 21.5. The molecule has 128 valence electrons. The highest BCUT2D eigenvalue weighted by molar-refractivity contribution is 7.16. The van der Waals surface area contributed by atoms with Crippen molar-refractivity contribution < 1.29 is 4.43 Å². The van der Waals surface area contributed by atoms with Gasteiger partial charge in [0.1, 0.15) is 0 Å². The molecule has 3 heteroatoms. The molecule has 0 heterocycles. The molecular formula is C18H39ClOSi. The van der Waals surface area contributed by atoms with E-state index in [0.717, 1.165) is 18.7 Å². The van der Waals surface area contributed by atoms with Crippen molar-refractivity contribution in [3.8, 4) is 0 Å². The Bertz CT molecular complexity index is 195. The van der Waals surface area contributed by atoms with Gasteiger partial charge in [0.05, 0.1) is 0 Å². The summed E-state index contributed by atoms with van der Waals surface area (Å²) in [6, 6.07) is 2.31. The van der Waals surface area contributed by atoms with Crippen molar-refractivity contribution in [3.05, 3.63) is 0 Å². The van der Waals surface area contributed by atoms with Crippen LogP contribution < -0.4 is 0 Å². The maximum atomic E-state index is 6.84. The topological polar surface area (TPSA) is 9.23 Å². The third-order valence-corrected chi connectivity index (χ3v) is 8.68. The van der Waals surface area contributed by atoms with E-state index in [0.29, 0.717) is 0 Å². The smallest absolute Gasteiger partial charge is 0.290 e. The third kappa shape index (κ3) is 13.8. The van der Waals surface area contributed by atoms with Gasteiger partial charge in [0.15, 0.2) is 0 Å². The number of hydrogen-bond donors (Lipinski definition) is 0. The molecule has 0 atom stereocenters. The van der Waals surface area contributed by atoms with Gasteiger partial charge >= 0.3 is 0 Å². The molecule has 0 saturated heterocycles. The fraction of sp³-hybridized carbons (Fsp3) is 1.00. The zero-order chi connectivity index (χ0) is 15.8. The Labute approximate surface area is 140 Å². The van der Waals surface area contributed by atoms with Gasteiger partial charge in [-0.25, -0.2) is 0 Å². The van der Waals surface area contributed by atoms with Crippen LogP contribution in [0.1, 0.15) is 97.8 Å². The fourth-order valence-corrected chi connectivity index (χ4v) is 6.61. The van der Waals surface area contributed by atoms with Crippen LogP contribution in [0, 0.1) is 0 Å². The molecular weight excluding hydrogens is 296 g/mol. The molecule has 0 aliphatic rings. The van der Waals surface area contributed by atoms with Crippen LogP contribution in [-0.2, 0) is 4.43 Å². The van der Waals surface area contributed by atoms with Crippen LogP contribution in [0.5, 0.6) is 0 Å². The van der Waals surface area contributed by atoms with Crippen molar-refractivity contribution in [3.63, 3.8) is 0 Å². The van der Waals surface area contributed by atoms with E-state index >= 15 is 0 Å². The average molecular weight is 335 g/mol. The zero-order valence-electron chi connectivity index (χ0n) is 14.9. The van der Waals surface area contributed by atoms with Gasteiger partial charge in [-0.05, 0) is 19.0 Å². The summed E-state index contributed by atoms with van der Waals surface area (Å²) >= 11 is 6.84. The van der Waals surface area contributed by atoms with Crippen molar-refractivity contribution in [2.75, 3.05) is 6.61 Å². The van der Waals surface area contributed by atoms with Gasteiger partial charge in [-0.3, -0.25) is 0 Å². The van der Waals surface area contributed by atoms with Gasteiger partial charge in [0, 0.05) is 6.61 Å². The summed E-state index contributed by atoms with van der Waals surface area (Å²) in [5.41, 5.74) is 0. The van der Waals surface area contributed by atoms with E-state index in [1.54, 1.807) is 0 Å². The van der Waals surface area contributed by atoms with Crippen molar-refractivity contribution in [1.29, 1.82) is 0 Å². The summed E-state index contributed by atoms with van der Waals surface area (Å²) in [5, 5.41) is 0. The number of halogens is 1. The molecule has 0 rings (SSSR count). The molecule has 1 nitrogen and oxygen atoms in total. The van der Waals surface area contributed by atoms with Gasteiger partial charge in [-0.15, -0.1) is 11.1 Å². The SMILES string of the molecule is CCCCCCCC[Si](Cl)(CCCCCCCC)OCC. The second kappa shape index (κ2) is 15.4. The minimum atomic E-state index is -1.91. The van der Waals surface area contributed by atoms with E-state index in [2.05, 4.69) is 20.8 Å². The van der Waals surface area contributed by atoms with Gasteiger partial charge in [-0.2, -0.15) is 0 Å². The summed E-state index contributed by atoms with van der Waals surface area (Å²) in [6.07, 6.45) is 16.2. The molecule has 0 unspecified atom stereocenters. The minimum Gasteiger partial charge on any atom is -0.403 e. The number of unbranched alkanes of at least 4 members (excludes halogenated alkanes) is 10. The average Bonchev–Trinajstić information content (AvgIpc) is 2.47. The second-order valence-corrected chi connectivity index (χ2v) is 11.5. The molecule has 0 saturated carbocycles. The predicted octanol–water partition coefficient (Wildman–Crippen LogP) is 7.42. The van der Waals surface area contributed by atoms with Crippen molar-refractivity contribution >= 4 is 18.7 Å². The van der Waals surface area contributed by atoms with Gasteiger partial charge < -0.3 is 4.43 Å². The Hall–Kier alpha value is 0.467. The summed E-state index contributed by atoms with van der Waals surface area (Å²) in [4.78, 5) is 0. The monoisotopic (exact) mass is 334 g/mol. The van der Waals surface area contributed by atoms with Crippen LogP contribution >= 0.6 is 11.1 Å². The van der Waals surface area contributed by atoms with E-state index in [1.807, 2.05) is 0 Å². The molecule has 0 N–H and O–H groups in total. The van der Waals surface area contributed by atoms with Crippen molar-refractivity contribution in [1.82, 2.24) is 0 Å². The third-order valence-electron chi connectivity index (χ3n) is 4.21. The van der Waals surface area contributed by atoms with Gasteiger partial charge in [0.25, 0.3) is 7.63 Å². The highest BCUT2D eigenvalue weighted by Crippen LogP contribution is 2.28. The normalized spacial score (nSPS) is 12.0. The van der Waals surface area contributed by atoms with Crippen molar-refractivity contribution in [2.24, 2.45) is 0 Å². The Morgan fingerprint density at radius 2 is 1.00 bits per heavy atom. The van der Waals surface area contributed by atoms with Crippen LogP contribution in [0.3, 0.4) is 0 Å². The lowest BCUT2D eigenvalue weighted by Crippen LogP contribution is -2.31. The Balaban J connectivity index is 3.73. The van der Waals surface area contributed by atoms with Crippen LogP contribution in [0.15, 0.2) is 0 Å². The number of rotatable bonds is 16. The molecule has 0 amide bonds. The zero-order valence-corrected chi connectivity index (χ0v) is 16.6. The lowest BCUT2D eigenvalue weighted by molar-refractivity contribution is 0.331. The molecule has 0 fully saturated rings. The van der Waals surface area contributed by atoms with Crippen LogP contribution in [0.25, 0.3) is 0 Å². The molecule has 0 aromatic heterocycles. The van der Waals surface area contributed by atoms with Crippen molar-refractivity contribution in [2.45, 2.75) is 110 Å². The molecule has 0 aromatic rings. The Morgan fingerprint density at radius 3 is 1.38 bits per heavy atom. The standard InChI is InChI=1S/C18H39ClOSi/c1-4-7-9-11-13-15-17-21(19,20-6-3)18-16-14-12-10-8-5-2/h4-18H2,1-3H3. The Morgan fingerprint density at radius 1 is 0.619 bits per heavy atom. The van der Waals surface area contributed by atoms with Crippen LogP contribution in [0.4, 0.5) is 0 Å². The van der Waals surface area contributed by atoms with E-state index in [9.17, 15) is 0 Å². The number of hydrogen-bond acceptors (Lipinski definition) is 1. The molecule has 0 aromatic carbocycles. The highest BCUT2D eigenvalue weighted by atomic mass is 35.6. The van der Waals surface area contributed by atoms with Gasteiger partial charge in [-0.1, -0.05) is 90.9 Å². The second-order valence-electron chi connectivity index (χ2n) is 6.35. The minimum absolute atomic E-state index is 0.793. The quantitative estimate of drug-likeness (QED) is 0.162. The fourth-order valence-electron chi connectivity index (χ4n) is 2.87. The first-order chi connectivity index (χ1) is 10.2. The van der Waals surface area contributed by atoms with E-state index in [4.69, 9.17) is 15.5 Å². The summed E-state index contributed by atoms with van der Waals surface area (Å²) in [5.74, 6) is 0. The first-order valence-electron chi connectivity index (χ1n) is 9.51. The van der Waals surface area contributed by atoms with E-state index < -0.39 is 7.63 Å².